The summed E-state index contributed by atoms with van der Waals surface area (Å²) in [5.41, 5.74) is 0.998. The first-order valence-electron chi connectivity index (χ1n) is 5.40. The molecule has 0 saturated carbocycles. The van der Waals surface area contributed by atoms with Crippen molar-refractivity contribution in [3.05, 3.63) is 17.7 Å². The molecule has 0 amide bonds. The molecule has 0 bridgehead atoms. The first-order valence-corrected chi connectivity index (χ1v) is 5.40. The van der Waals surface area contributed by atoms with Gasteiger partial charge in [0, 0.05) is 12.6 Å². The molecule has 1 aromatic heterocycles. The number of hydrogen-bond donors (Lipinski definition) is 1. The van der Waals surface area contributed by atoms with Crippen LogP contribution in [0.15, 0.2) is 6.20 Å². The smallest absolute Gasteiger partial charge is 0.326 e. The fourth-order valence-corrected chi connectivity index (χ4v) is 2.02. The van der Waals surface area contributed by atoms with Gasteiger partial charge in [-0.05, 0) is 18.8 Å². The Balaban J connectivity index is 2.38. The minimum Gasteiger partial charge on any atom is -0.480 e. The number of fused-ring (bicyclic) bond motifs is 1. The average molecular weight is 208 g/mol. The van der Waals surface area contributed by atoms with Crippen LogP contribution in [0.5, 0.6) is 0 Å². The SMILES string of the molecule is CC(C)c1cn2c(n1)CCCC2C(=O)O. The van der Waals surface area contributed by atoms with Gasteiger partial charge in [-0.25, -0.2) is 9.78 Å². The highest BCUT2D eigenvalue weighted by Crippen LogP contribution is 2.27. The lowest BCUT2D eigenvalue weighted by Gasteiger charge is -2.20. The Bertz CT molecular complexity index is 382. The average Bonchev–Trinajstić information content (AvgIpc) is 2.60. The van der Waals surface area contributed by atoms with Crippen molar-refractivity contribution in [3.63, 3.8) is 0 Å². The molecule has 1 atom stereocenters. The topological polar surface area (TPSA) is 55.1 Å². The number of nitrogens with zero attached hydrogens (tertiary/aromatic N) is 2. The highest BCUT2D eigenvalue weighted by molar-refractivity contribution is 5.72. The van der Waals surface area contributed by atoms with Crippen molar-refractivity contribution in [1.29, 1.82) is 0 Å². The van der Waals surface area contributed by atoms with Crippen molar-refractivity contribution < 1.29 is 9.90 Å². The molecule has 2 rings (SSSR count). The Morgan fingerprint density at radius 1 is 1.67 bits per heavy atom. The van der Waals surface area contributed by atoms with Crippen LogP contribution in [-0.4, -0.2) is 20.6 Å². The van der Waals surface area contributed by atoms with E-state index in [1.807, 2.05) is 10.8 Å². The number of hydrogen-bond acceptors (Lipinski definition) is 2. The van der Waals surface area contributed by atoms with E-state index in [1.165, 1.54) is 0 Å². The van der Waals surface area contributed by atoms with Crippen LogP contribution in [0.3, 0.4) is 0 Å². The molecular weight excluding hydrogens is 192 g/mol. The largest absolute Gasteiger partial charge is 0.480 e. The molecule has 1 N–H and O–H groups in total. The number of carboxylic acid groups (broad SMARTS) is 1. The van der Waals surface area contributed by atoms with Gasteiger partial charge in [-0.15, -0.1) is 0 Å². The molecule has 0 spiro atoms. The van der Waals surface area contributed by atoms with Crippen LogP contribution >= 0.6 is 0 Å². The van der Waals surface area contributed by atoms with Gasteiger partial charge >= 0.3 is 5.97 Å². The summed E-state index contributed by atoms with van der Waals surface area (Å²) in [6.07, 6.45) is 4.44. The van der Waals surface area contributed by atoms with E-state index in [2.05, 4.69) is 18.8 Å². The second-order valence-corrected chi connectivity index (χ2v) is 4.39. The summed E-state index contributed by atoms with van der Waals surface area (Å²) in [5, 5.41) is 9.08. The van der Waals surface area contributed by atoms with E-state index in [9.17, 15) is 4.79 Å². The first kappa shape index (κ1) is 10.2. The number of aryl methyl sites for hydroxylation is 1. The van der Waals surface area contributed by atoms with Crippen molar-refractivity contribution in [2.24, 2.45) is 0 Å². The quantitative estimate of drug-likeness (QED) is 0.808. The number of rotatable bonds is 2. The van der Waals surface area contributed by atoms with E-state index in [0.717, 1.165) is 30.8 Å². The number of aromatic nitrogens is 2. The van der Waals surface area contributed by atoms with Crippen LogP contribution < -0.4 is 0 Å². The summed E-state index contributed by atoms with van der Waals surface area (Å²) in [5.74, 6) is 0.540. The van der Waals surface area contributed by atoms with E-state index in [-0.39, 0.29) is 0 Å². The molecule has 1 unspecified atom stereocenters. The van der Waals surface area contributed by atoms with Crippen molar-refractivity contribution in [3.8, 4) is 0 Å². The number of carbonyl (C=O) groups is 1. The lowest BCUT2D eigenvalue weighted by atomic mass is 10.1. The van der Waals surface area contributed by atoms with Crippen LogP contribution in [0.2, 0.25) is 0 Å². The van der Waals surface area contributed by atoms with Gasteiger partial charge < -0.3 is 9.67 Å². The molecule has 1 aliphatic heterocycles. The van der Waals surface area contributed by atoms with Gasteiger partial charge in [-0.2, -0.15) is 0 Å². The van der Waals surface area contributed by atoms with Gasteiger partial charge in [0.15, 0.2) is 0 Å². The molecule has 0 radical (unpaired) electrons. The maximum Gasteiger partial charge on any atom is 0.326 e. The summed E-state index contributed by atoms with van der Waals surface area (Å²) in [6.45, 7) is 4.15. The third kappa shape index (κ3) is 1.76. The molecule has 1 aromatic rings. The molecule has 4 nitrogen and oxygen atoms in total. The van der Waals surface area contributed by atoms with E-state index in [1.54, 1.807) is 0 Å². The fourth-order valence-electron chi connectivity index (χ4n) is 2.02. The van der Waals surface area contributed by atoms with Crippen molar-refractivity contribution in [2.75, 3.05) is 0 Å². The highest BCUT2D eigenvalue weighted by atomic mass is 16.4. The third-order valence-electron chi connectivity index (χ3n) is 2.92. The predicted molar refractivity (Wildman–Crippen MR) is 55.9 cm³/mol. The fraction of sp³-hybridized carbons (Fsp3) is 0.636. The lowest BCUT2D eigenvalue weighted by molar-refractivity contribution is -0.141. The minimum absolute atomic E-state index is 0.359. The van der Waals surface area contributed by atoms with Crippen molar-refractivity contribution >= 4 is 5.97 Å². The molecular formula is C11H16N2O2. The van der Waals surface area contributed by atoms with E-state index in [0.29, 0.717) is 5.92 Å². The molecule has 0 aromatic carbocycles. The molecule has 4 heteroatoms. The van der Waals surface area contributed by atoms with E-state index < -0.39 is 12.0 Å². The van der Waals surface area contributed by atoms with E-state index >= 15 is 0 Å². The van der Waals surface area contributed by atoms with Crippen LogP contribution in [0.4, 0.5) is 0 Å². The number of aliphatic carboxylic acids is 1. The summed E-state index contributed by atoms with van der Waals surface area (Å²) >= 11 is 0. The monoisotopic (exact) mass is 208 g/mol. The van der Waals surface area contributed by atoms with Gasteiger partial charge in [-0.1, -0.05) is 13.8 Å². The van der Waals surface area contributed by atoms with E-state index in [4.69, 9.17) is 5.11 Å². The zero-order valence-corrected chi connectivity index (χ0v) is 9.10. The molecule has 0 saturated heterocycles. The molecule has 0 aliphatic carbocycles. The van der Waals surface area contributed by atoms with Crippen LogP contribution in [0.25, 0.3) is 0 Å². The summed E-state index contributed by atoms with van der Waals surface area (Å²) < 4.78 is 1.83. The first-order chi connectivity index (χ1) is 7.09. The Kier molecular flexibility index (Phi) is 2.50. The summed E-state index contributed by atoms with van der Waals surface area (Å²) in [6, 6.07) is -0.409. The van der Waals surface area contributed by atoms with Gasteiger partial charge in [0.2, 0.25) is 0 Å². The molecule has 15 heavy (non-hydrogen) atoms. The van der Waals surface area contributed by atoms with Crippen LogP contribution in [0.1, 0.15) is 50.2 Å². The normalized spacial score (nSPS) is 20.3. The highest BCUT2D eigenvalue weighted by Gasteiger charge is 2.27. The van der Waals surface area contributed by atoms with Crippen molar-refractivity contribution in [2.45, 2.75) is 45.1 Å². The van der Waals surface area contributed by atoms with Gasteiger partial charge in [0.05, 0.1) is 5.69 Å². The number of carboxylic acids is 1. The molecule has 82 valence electrons. The Morgan fingerprint density at radius 2 is 2.40 bits per heavy atom. The summed E-state index contributed by atoms with van der Waals surface area (Å²) in [7, 11) is 0. The Morgan fingerprint density at radius 3 is 3.00 bits per heavy atom. The van der Waals surface area contributed by atoms with Gasteiger partial charge in [-0.3, -0.25) is 0 Å². The maximum atomic E-state index is 11.0. The van der Waals surface area contributed by atoms with Crippen LogP contribution in [-0.2, 0) is 11.2 Å². The zero-order valence-electron chi connectivity index (χ0n) is 9.10. The summed E-state index contributed by atoms with van der Waals surface area (Å²) in [4.78, 5) is 15.5. The molecule has 1 aliphatic rings. The van der Waals surface area contributed by atoms with Crippen LogP contribution in [0, 0.1) is 0 Å². The Hall–Kier alpha value is -1.32. The number of imidazole rings is 1. The van der Waals surface area contributed by atoms with Crippen molar-refractivity contribution in [1.82, 2.24) is 9.55 Å². The Labute approximate surface area is 88.9 Å². The van der Waals surface area contributed by atoms with Gasteiger partial charge in [0.25, 0.3) is 0 Å². The minimum atomic E-state index is -0.747. The zero-order chi connectivity index (χ0) is 11.0. The molecule has 0 fully saturated rings. The second-order valence-electron chi connectivity index (χ2n) is 4.39. The standard InChI is InChI=1S/C11H16N2O2/c1-7(2)8-6-13-9(11(14)15)4-3-5-10(13)12-8/h6-7,9H,3-5H2,1-2H3,(H,14,15). The maximum absolute atomic E-state index is 11.0. The third-order valence-corrected chi connectivity index (χ3v) is 2.92. The lowest BCUT2D eigenvalue weighted by Crippen LogP contribution is -2.24. The molecule has 2 heterocycles. The van der Waals surface area contributed by atoms with Gasteiger partial charge in [0.1, 0.15) is 11.9 Å². The predicted octanol–water partition coefficient (Wildman–Crippen LogP) is 1.97. The second kappa shape index (κ2) is 3.68.